The molecule has 0 unspecified atom stereocenters. The highest BCUT2D eigenvalue weighted by Gasteiger charge is 2.21. The van der Waals surface area contributed by atoms with Gasteiger partial charge in [-0.25, -0.2) is 4.79 Å². The molecule has 0 bridgehead atoms. The first-order valence-electron chi connectivity index (χ1n) is 4.07. The lowest BCUT2D eigenvalue weighted by molar-refractivity contribution is -0.389. The third kappa shape index (κ3) is 2.66. The Hall–Kier alpha value is -2.12. The van der Waals surface area contributed by atoms with Crippen molar-refractivity contribution in [3.8, 4) is 6.01 Å². The summed E-state index contributed by atoms with van der Waals surface area (Å²) in [5, 5.41) is 10.3. The summed E-state index contributed by atoms with van der Waals surface area (Å²) in [5.41, 5.74) is 0. The molecular formula is C7H9N3O5. The van der Waals surface area contributed by atoms with Crippen LogP contribution >= 0.6 is 0 Å². The summed E-state index contributed by atoms with van der Waals surface area (Å²) < 4.78 is 10.3. The van der Waals surface area contributed by atoms with Gasteiger partial charge in [-0.2, -0.15) is 0 Å². The minimum atomic E-state index is -0.943. The topological polar surface area (TPSA) is 96.5 Å². The first-order chi connectivity index (χ1) is 7.04. The van der Waals surface area contributed by atoms with Crippen molar-refractivity contribution in [1.29, 1.82) is 0 Å². The molecule has 0 atom stereocenters. The van der Waals surface area contributed by atoms with E-state index in [1.54, 1.807) is 6.92 Å². The van der Waals surface area contributed by atoms with Crippen LogP contribution < -0.4 is 4.74 Å². The summed E-state index contributed by atoms with van der Waals surface area (Å²) in [5.74, 6) is -0.392. The zero-order valence-corrected chi connectivity index (χ0v) is 8.17. The summed E-state index contributed by atoms with van der Waals surface area (Å²) in [6.45, 7) is 1.77. The van der Waals surface area contributed by atoms with E-state index in [2.05, 4.69) is 14.5 Å². The van der Waals surface area contributed by atoms with Gasteiger partial charge in [0.2, 0.25) is 0 Å². The van der Waals surface area contributed by atoms with Crippen molar-refractivity contribution < 1.29 is 19.2 Å². The van der Waals surface area contributed by atoms with Gasteiger partial charge in [0.15, 0.2) is 0 Å². The molecule has 0 N–H and O–H groups in total. The zero-order valence-electron chi connectivity index (χ0n) is 8.17. The fourth-order valence-corrected chi connectivity index (χ4v) is 0.839. The maximum Gasteiger partial charge on any atom is 0.517 e. The number of hydrogen-bond donors (Lipinski definition) is 0. The van der Waals surface area contributed by atoms with E-state index in [9.17, 15) is 14.9 Å². The standard InChI is InChI=1S/C7H9N3O5/c1-3-14-7(11)15-6-8-5(10(12)13)4-9(6)2/h4H,3H2,1-2H3. The fourth-order valence-electron chi connectivity index (χ4n) is 0.839. The third-order valence-corrected chi connectivity index (χ3v) is 1.44. The number of carbonyl (C=O) groups is 1. The molecule has 0 fully saturated rings. The average molecular weight is 215 g/mol. The summed E-state index contributed by atoms with van der Waals surface area (Å²) in [7, 11) is 1.47. The molecule has 15 heavy (non-hydrogen) atoms. The Kier molecular flexibility index (Phi) is 3.21. The van der Waals surface area contributed by atoms with Crippen LogP contribution in [0.3, 0.4) is 0 Å². The Bertz CT molecular complexity index is 386. The Labute approximate surface area is 84.6 Å². The highest BCUT2D eigenvalue weighted by Crippen LogP contribution is 2.15. The SMILES string of the molecule is CCOC(=O)Oc1nc([N+](=O)[O-])cn1C. The lowest BCUT2D eigenvalue weighted by atomic mass is 10.8. The lowest BCUT2D eigenvalue weighted by Gasteiger charge is -1.98. The molecule has 0 aliphatic rings. The second-order valence-electron chi connectivity index (χ2n) is 2.53. The van der Waals surface area contributed by atoms with Crippen LogP contribution in [0.1, 0.15) is 6.92 Å². The van der Waals surface area contributed by atoms with Gasteiger partial charge in [0.05, 0.1) is 6.61 Å². The highest BCUT2D eigenvalue weighted by atomic mass is 16.7. The normalized spacial score (nSPS) is 9.73. The lowest BCUT2D eigenvalue weighted by Crippen LogP contribution is -2.12. The average Bonchev–Trinajstić information content (AvgIpc) is 2.48. The monoisotopic (exact) mass is 215 g/mol. The number of ether oxygens (including phenoxy) is 2. The summed E-state index contributed by atoms with van der Waals surface area (Å²) >= 11 is 0. The number of rotatable bonds is 3. The van der Waals surface area contributed by atoms with Gasteiger partial charge in [-0.1, -0.05) is 0 Å². The van der Waals surface area contributed by atoms with Crippen molar-refractivity contribution in [3.63, 3.8) is 0 Å². The van der Waals surface area contributed by atoms with Gasteiger partial charge >= 0.3 is 18.0 Å². The van der Waals surface area contributed by atoms with Crippen molar-refractivity contribution in [1.82, 2.24) is 9.55 Å². The smallest absolute Gasteiger partial charge is 0.434 e. The zero-order chi connectivity index (χ0) is 11.4. The van der Waals surface area contributed by atoms with Crippen LogP contribution in [0.2, 0.25) is 0 Å². The predicted octanol–water partition coefficient (Wildman–Crippen LogP) is 0.864. The molecule has 0 aromatic carbocycles. The Balaban J connectivity index is 2.77. The predicted molar refractivity (Wildman–Crippen MR) is 47.5 cm³/mol. The molecule has 1 aromatic rings. The molecule has 1 aromatic heterocycles. The number of nitrogens with zero attached hydrogens (tertiary/aromatic N) is 3. The minimum absolute atomic E-state index is 0.158. The number of aromatic nitrogens is 2. The van der Waals surface area contributed by atoms with Crippen molar-refractivity contribution in [3.05, 3.63) is 16.3 Å². The van der Waals surface area contributed by atoms with Crippen LogP contribution in [0.4, 0.5) is 10.6 Å². The van der Waals surface area contributed by atoms with Crippen molar-refractivity contribution in [2.24, 2.45) is 7.05 Å². The number of imidazole rings is 1. The first-order valence-corrected chi connectivity index (χ1v) is 4.07. The summed E-state index contributed by atoms with van der Waals surface area (Å²) in [6.07, 6.45) is 0.190. The Morgan fingerprint density at radius 3 is 2.87 bits per heavy atom. The Morgan fingerprint density at radius 1 is 1.73 bits per heavy atom. The van der Waals surface area contributed by atoms with Gasteiger partial charge < -0.3 is 19.6 Å². The van der Waals surface area contributed by atoms with Crippen molar-refractivity contribution in [2.75, 3.05) is 6.61 Å². The van der Waals surface area contributed by atoms with Gasteiger partial charge in [0.25, 0.3) is 0 Å². The van der Waals surface area contributed by atoms with E-state index in [-0.39, 0.29) is 12.6 Å². The van der Waals surface area contributed by atoms with Gasteiger partial charge in [0.1, 0.15) is 6.20 Å². The van der Waals surface area contributed by atoms with Crippen LogP contribution in [0.15, 0.2) is 6.20 Å². The number of hydrogen-bond acceptors (Lipinski definition) is 6. The minimum Gasteiger partial charge on any atom is -0.434 e. The van der Waals surface area contributed by atoms with Crippen LogP contribution in [-0.2, 0) is 11.8 Å². The number of aryl methyl sites for hydroxylation is 1. The van der Waals surface area contributed by atoms with Gasteiger partial charge in [-0.15, -0.1) is 0 Å². The largest absolute Gasteiger partial charge is 0.517 e. The van der Waals surface area contributed by atoms with Crippen molar-refractivity contribution in [2.45, 2.75) is 6.92 Å². The molecule has 0 spiro atoms. The van der Waals surface area contributed by atoms with E-state index in [0.717, 1.165) is 6.20 Å². The highest BCUT2D eigenvalue weighted by molar-refractivity contribution is 5.62. The molecule has 1 heterocycles. The molecule has 0 saturated carbocycles. The van der Waals surface area contributed by atoms with Crippen LogP contribution in [0.5, 0.6) is 6.01 Å². The van der Waals surface area contributed by atoms with E-state index in [4.69, 9.17) is 0 Å². The van der Waals surface area contributed by atoms with Gasteiger partial charge in [-0.05, 0) is 11.8 Å². The maximum atomic E-state index is 10.9. The number of nitro groups is 1. The van der Waals surface area contributed by atoms with Crippen LogP contribution in [0, 0.1) is 10.1 Å². The van der Waals surface area contributed by atoms with E-state index in [1.165, 1.54) is 11.6 Å². The van der Waals surface area contributed by atoms with Gasteiger partial charge in [0, 0.05) is 12.0 Å². The summed E-state index contributed by atoms with van der Waals surface area (Å²) in [6, 6.07) is -0.180. The van der Waals surface area contributed by atoms with Crippen molar-refractivity contribution >= 4 is 12.0 Å². The van der Waals surface area contributed by atoms with Crippen LogP contribution in [0.25, 0.3) is 0 Å². The maximum absolute atomic E-state index is 10.9. The molecule has 1 rings (SSSR count). The van der Waals surface area contributed by atoms with E-state index >= 15 is 0 Å². The molecule has 82 valence electrons. The van der Waals surface area contributed by atoms with E-state index in [0.29, 0.717) is 0 Å². The third-order valence-electron chi connectivity index (χ3n) is 1.44. The van der Waals surface area contributed by atoms with Gasteiger partial charge in [-0.3, -0.25) is 4.57 Å². The van der Waals surface area contributed by atoms with E-state index in [1.807, 2.05) is 0 Å². The molecule has 0 radical (unpaired) electrons. The molecular weight excluding hydrogens is 206 g/mol. The fraction of sp³-hybridized carbons (Fsp3) is 0.429. The molecule has 8 nitrogen and oxygen atoms in total. The molecule has 8 heteroatoms. The second kappa shape index (κ2) is 4.40. The molecule has 0 aliphatic carbocycles. The summed E-state index contributed by atoms with van der Waals surface area (Å²) in [4.78, 5) is 24.0. The molecule has 0 saturated heterocycles. The molecule has 0 aliphatic heterocycles. The quantitative estimate of drug-likeness (QED) is 0.421. The Morgan fingerprint density at radius 2 is 2.40 bits per heavy atom. The van der Waals surface area contributed by atoms with E-state index < -0.39 is 16.9 Å². The van der Waals surface area contributed by atoms with Crippen LogP contribution in [-0.4, -0.2) is 27.2 Å². The first kappa shape index (κ1) is 11.0. The second-order valence-corrected chi connectivity index (χ2v) is 2.53. The molecule has 0 amide bonds. The number of carbonyl (C=O) groups excluding carboxylic acids is 1.